The molecule has 0 aliphatic carbocycles. The SMILES string of the molecule is O=C1CCc2ccccc2N1Cc1ccc(Br)s1. The predicted octanol–water partition coefficient (Wildman–Crippen LogP) is 3.99. The third-order valence-electron chi connectivity index (χ3n) is 3.13. The van der Waals surface area contributed by atoms with Gasteiger partial charge in [-0.25, -0.2) is 0 Å². The summed E-state index contributed by atoms with van der Waals surface area (Å²) in [5.74, 6) is 0.221. The third-order valence-corrected chi connectivity index (χ3v) is 4.74. The van der Waals surface area contributed by atoms with E-state index in [9.17, 15) is 4.79 Å². The fraction of sp³-hybridized carbons (Fsp3) is 0.214. The summed E-state index contributed by atoms with van der Waals surface area (Å²) in [5, 5.41) is 0. The van der Waals surface area contributed by atoms with E-state index in [1.165, 1.54) is 10.4 Å². The smallest absolute Gasteiger partial charge is 0.227 e. The molecule has 3 rings (SSSR count). The minimum atomic E-state index is 0.221. The molecule has 4 heteroatoms. The number of aryl methyl sites for hydroxylation is 1. The van der Waals surface area contributed by atoms with Crippen molar-refractivity contribution >= 4 is 38.9 Å². The molecule has 92 valence electrons. The van der Waals surface area contributed by atoms with Crippen LogP contribution in [-0.4, -0.2) is 5.91 Å². The van der Waals surface area contributed by atoms with Gasteiger partial charge in [0.2, 0.25) is 5.91 Å². The van der Waals surface area contributed by atoms with E-state index >= 15 is 0 Å². The Labute approximate surface area is 118 Å². The van der Waals surface area contributed by atoms with Gasteiger partial charge in [-0.2, -0.15) is 0 Å². The molecule has 0 spiro atoms. The van der Waals surface area contributed by atoms with Crippen LogP contribution in [0.5, 0.6) is 0 Å². The van der Waals surface area contributed by atoms with Crippen molar-refractivity contribution in [2.24, 2.45) is 0 Å². The molecule has 1 amide bonds. The Morgan fingerprint density at radius 2 is 2.00 bits per heavy atom. The molecule has 0 N–H and O–H groups in total. The Bertz CT molecular complexity index is 593. The lowest BCUT2D eigenvalue weighted by atomic mass is 10.0. The van der Waals surface area contributed by atoms with E-state index in [4.69, 9.17) is 0 Å². The second-order valence-electron chi connectivity index (χ2n) is 4.31. The van der Waals surface area contributed by atoms with Gasteiger partial charge in [0.05, 0.1) is 10.3 Å². The van der Waals surface area contributed by atoms with Crippen LogP contribution >= 0.6 is 27.3 Å². The summed E-state index contributed by atoms with van der Waals surface area (Å²) < 4.78 is 1.11. The molecule has 2 heterocycles. The maximum Gasteiger partial charge on any atom is 0.227 e. The number of thiophene rings is 1. The molecule has 0 bridgehead atoms. The Hall–Kier alpha value is -1.13. The lowest BCUT2D eigenvalue weighted by Crippen LogP contribution is -2.34. The first-order valence-electron chi connectivity index (χ1n) is 5.86. The monoisotopic (exact) mass is 321 g/mol. The molecular weight excluding hydrogens is 310 g/mol. The van der Waals surface area contributed by atoms with Gasteiger partial charge < -0.3 is 4.90 Å². The Balaban J connectivity index is 1.93. The Morgan fingerprint density at radius 1 is 1.17 bits per heavy atom. The summed E-state index contributed by atoms with van der Waals surface area (Å²) >= 11 is 5.14. The van der Waals surface area contributed by atoms with E-state index in [1.54, 1.807) is 11.3 Å². The van der Waals surface area contributed by atoms with E-state index in [0.717, 1.165) is 15.9 Å². The van der Waals surface area contributed by atoms with Gasteiger partial charge in [0.15, 0.2) is 0 Å². The molecule has 0 unspecified atom stereocenters. The van der Waals surface area contributed by atoms with Crippen LogP contribution in [-0.2, 0) is 17.8 Å². The van der Waals surface area contributed by atoms with Crippen LogP contribution in [0.2, 0.25) is 0 Å². The summed E-state index contributed by atoms with van der Waals surface area (Å²) in [5.41, 5.74) is 2.34. The molecular formula is C14H12BrNOS. The van der Waals surface area contributed by atoms with Crippen LogP contribution in [0, 0.1) is 0 Å². The Morgan fingerprint density at radius 3 is 2.78 bits per heavy atom. The highest BCUT2D eigenvalue weighted by Crippen LogP contribution is 2.31. The van der Waals surface area contributed by atoms with Crippen molar-refractivity contribution < 1.29 is 4.79 Å². The maximum atomic E-state index is 12.1. The Kier molecular flexibility index (Phi) is 3.22. The minimum absolute atomic E-state index is 0.221. The van der Waals surface area contributed by atoms with Gasteiger partial charge in [-0.15, -0.1) is 11.3 Å². The molecule has 1 aliphatic heterocycles. The zero-order chi connectivity index (χ0) is 12.5. The number of carbonyl (C=O) groups is 1. The van der Waals surface area contributed by atoms with Crippen molar-refractivity contribution in [3.8, 4) is 0 Å². The van der Waals surface area contributed by atoms with Crippen LogP contribution in [0.25, 0.3) is 0 Å². The van der Waals surface area contributed by atoms with Crippen molar-refractivity contribution in [3.05, 3.63) is 50.6 Å². The van der Waals surface area contributed by atoms with Gasteiger partial charge in [-0.3, -0.25) is 4.79 Å². The topological polar surface area (TPSA) is 20.3 Å². The van der Waals surface area contributed by atoms with Crippen LogP contribution in [0.3, 0.4) is 0 Å². The number of hydrogen-bond donors (Lipinski definition) is 0. The van der Waals surface area contributed by atoms with Crippen molar-refractivity contribution in [3.63, 3.8) is 0 Å². The van der Waals surface area contributed by atoms with Gasteiger partial charge in [0.25, 0.3) is 0 Å². The molecule has 0 saturated heterocycles. The third kappa shape index (κ3) is 2.22. The zero-order valence-electron chi connectivity index (χ0n) is 9.73. The van der Waals surface area contributed by atoms with E-state index in [0.29, 0.717) is 13.0 Å². The van der Waals surface area contributed by atoms with Gasteiger partial charge in [0, 0.05) is 17.0 Å². The number of amides is 1. The number of anilines is 1. The highest BCUT2D eigenvalue weighted by molar-refractivity contribution is 9.11. The van der Waals surface area contributed by atoms with E-state index in [2.05, 4.69) is 28.1 Å². The number of para-hydroxylation sites is 1. The summed E-state index contributed by atoms with van der Waals surface area (Å²) in [6, 6.07) is 12.3. The first-order valence-corrected chi connectivity index (χ1v) is 7.47. The van der Waals surface area contributed by atoms with Crippen molar-refractivity contribution in [2.75, 3.05) is 4.90 Å². The van der Waals surface area contributed by atoms with E-state index in [1.807, 2.05) is 29.2 Å². The summed E-state index contributed by atoms with van der Waals surface area (Å²) in [4.78, 5) is 15.2. The molecule has 1 aliphatic rings. The van der Waals surface area contributed by atoms with Gasteiger partial charge >= 0.3 is 0 Å². The number of hydrogen-bond acceptors (Lipinski definition) is 2. The van der Waals surface area contributed by atoms with Crippen LogP contribution < -0.4 is 4.90 Å². The fourth-order valence-corrected chi connectivity index (χ4v) is 3.73. The highest BCUT2D eigenvalue weighted by atomic mass is 79.9. The van der Waals surface area contributed by atoms with Gasteiger partial charge in [-0.1, -0.05) is 18.2 Å². The minimum Gasteiger partial charge on any atom is -0.307 e. The van der Waals surface area contributed by atoms with Gasteiger partial charge in [0.1, 0.15) is 0 Å². The molecule has 0 saturated carbocycles. The molecule has 2 aromatic rings. The van der Waals surface area contributed by atoms with Crippen molar-refractivity contribution in [2.45, 2.75) is 19.4 Å². The van der Waals surface area contributed by atoms with E-state index in [-0.39, 0.29) is 5.91 Å². The number of benzene rings is 1. The molecule has 0 atom stereocenters. The lowest BCUT2D eigenvalue weighted by Gasteiger charge is -2.29. The average Bonchev–Trinajstić information content (AvgIpc) is 2.79. The molecule has 1 aromatic carbocycles. The van der Waals surface area contributed by atoms with Crippen LogP contribution in [0.4, 0.5) is 5.69 Å². The quantitative estimate of drug-likeness (QED) is 0.819. The van der Waals surface area contributed by atoms with E-state index < -0.39 is 0 Å². The summed E-state index contributed by atoms with van der Waals surface area (Å²) in [7, 11) is 0. The second kappa shape index (κ2) is 4.86. The normalized spacial score (nSPS) is 14.7. The van der Waals surface area contributed by atoms with Crippen molar-refractivity contribution in [1.29, 1.82) is 0 Å². The molecule has 0 fully saturated rings. The standard InChI is InChI=1S/C14H12BrNOS/c15-13-7-6-11(18-13)9-16-12-4-2-1-3-10(12)5-8-14(16)17/h1-4,6-7H,5,8-9H2. The zero-order valence-corrected chi connectivity index (χ0v) is 12.1. The van der Waals surface area contributed by atoms with Crippen molar-refractivity contribution in [1.82, 2.24) is 0 Å². The molecule has 1 aromatic heterocycles. The number of rotatable bonds is 2. The lowest BCUT2D eigenvalue weighted by molar-refractivity contribution is -0.119. The number of carbonyl (C=O) groups excluding carboxylic acids is 1. The second-order valence-corrected chi connectivity index (χ2v) is 6.86. The maximum absolute atomic E-state index is 12.1. The first kappa shape index (κ1) is 11.9. The number of nitrogens with zero attached hydrogens (tertiary/aromatic N) is 1. The number of fused-ring (bicyclic) bond motifs is 1. The van der Waals surface area contributed by atoms with Crippen LogP contribution in [0.15, 0.2) is 40.2 Å². The van der Waals surface area contributed by atoms with Gasteiger partial charge in [-0.05, 0) is 46.1 Å². The summed E-state index contributed by atoms with van der Waals surface area (Å²) in [6.07, 6.45) is 1.48. The molecule has 0 radical (unpaired) electrons. The fourth-order valence-electron chi connectivity index (χ4n) is 2.26. The largest absolute Gasteiger partial charge is 0.307 e. The predicted molar refractivity (Wildman–Crippen MR) is 78.0 cm³/mol. The average molecular weight is 322 g/mol. The molecule has 2 nitrogen and oxygen atoms in total. The number of halogens is 1. The summed E-state index contributed by atoms with van der Waals surface area (Å²) in [6.45, 7) is 0.673. The first-order chi connectivity index (χ1) is 8.74. The van der Waals surface area contributed by atoms with Crippen LogP contribution in [0.1, 0.15) is 16.9 Å². The molecule has 18 heavy (non-hydrogen) atoms. The highest BCUT2D eigenvalue weighted by Gasteiger charge is 2.23.